The quantitative estimate of drug-likeness (QED) is 0.618. The van der Waals surface area contributed by atoms with Gasteiger partial charge < -0.3 is 15.1 Å². The average molecular weight is 433 g/mol. The molecule has 1 saturated carbocycles. The van der Waals surface area contributed by atoms with Crippen LogP contribution in [0.4, 0.5) is 17.3 Å². The molecule has 2 fully saturated rings. The molecule has 31 heavy (non-hydrogen) atoms. The Morgan fingerprint density at radius 2 is 1.87 bits per heavy atom. The highest BCUT2D eigenvalue weighted by atomic mass is 32.1. The predicted octanol–water partition coefficient (Wildman–Crippen LogP) is 5.11. The van der Waals surface area contributed by atoms with Crippen LogP contribution in [0.25, 0.3) is 10.1 Å². The summed E-state index contributed by atoms with van der Waals surface area (Å²) in [5, 5.41) is 14.3. The van der Waals surface area contributed by atoms with E-state index in [0.717, 1.165) is 53.1 Å². The third-order valence-electron chi connectivity index (χ3n) is 6.58. The molecule has 0 spiro atoms. The molecule has 3 aromatic heterocycles. The Morgan fingerprint density at radius 1 is 1.06 bits per heavy atom. The molecule has 160 valence electrons. The average Bonchev–Trinajstić information content (AvgIpc) is 3.19. The van der Waals surface area contributed by atoms with Crippen LogP contribution in [0.5, 0.6) is 0 Å². The number of aromatic nitrogens is 2. The lowest BCUT2D eigenvalue weighted by molar-refractivity contribution is 0.312. The summed E-state index contributed by atoms with van der Waals surface area (Å²) in [6.07, 6.45) is 9.98. The van der Waals surface area contributed by atoms with Gasteiger partial charge in [-0.05, 0) is 49.6 Å². The van der Waals surface area contributed by atoms with Gasteiger partial charge in [0.1, 0.15) is 22.6 Å². The maximum atomic E-state index is 9.71. The van der Waals surface area contributed by atoms with Crippen molar-refractivity contribution < 1.29 is 0 Å². The van der Waals surface area contributed by atoms with Gasteiger partial charge in [-0.15, -0.1) is 11.3 Å². The van der Waals surface area contributed by atoms with E-state index in [1.807, 2.05) is 12.4 Å². The molecule has 0 atom stereocenters. The topological polar surface area (TPSA) is 68.1 Å². The van der Waals surface area contributed by atoms with Gasteiger partial charge in [-0.2, -0.15) is 5.26 Å². The largest absolute Gasteiger partial charge is 0.354 e. The molecule has 7 heteroatoms. The first-order valence-electron chi connectivity index (χ1n) is 11.2. The fourth-order valence-electron chi connectivity index (χ4n) is 4.80. The smallest absolute Gasteiger partial charge is 0.131 e. The molecule has 1 aliphatic heterocycles. The molecule has 1 saturated heterocycles. The minimum Gasteiger partial charge on any atom is -0.354 e. The van der Waals surface area contributed by atoms with Crippen molar-refractivity contribution in [1.82, 2.24) is 14.9 Å². The molecule has 5 rings (SSSR count). The van der Waals surface area contributed by atoms with E-state index in [9.17, 15) is 5.26 Å². The van der Waals surface area contributed by atoms with Gasteiger partial charge in [-0.25, -0.2) is 9.97 Å². The molecule has 0 amide bonds. The third-order valence-corrected chi connectivity index (χ3v) is 7.64. The van der Waals surface area contributed by atoms with E-state index in [1.54, 1.807) is 11.3 Å². The fourth-order valence-corrected chi connectivity index (χ4v) is 5.84. The van der Waals surface area contributed by atoms with Crippen LogP contribution in [0.15, 0.2) is 30.6 Å². The van der Waals surface area contributed by atoms with Gasteiger partial charge in [0.2, 0.25) is 0 Å². The first-order chi connectivity index (χ1) is 15.2. The number of nitriles is 1. The van der Waals surface area contributed by atoms with Crippen molar-refractivity contribution in [1.29, 1.82) is 5.26 Å². The maximum absolute atomic E-state index is 9.71. The van der Waals surface area contributed by atoms with Crippen LogP contribution in [0.3, 0.4) is 0 Å². The van der Waals surface area contributed by atoms with Crippen molar-refractivity contribution in [3.05, 3.63) is 41.0 Å². The summed E-state index contributed by atoms with van der Waals surface area (Å²) >= 11 is 1.58. The highest BCUT2D eigenvalue weighted by Crippen LogP contribution is 2.42. The van der Waals surface area contributed by atoms with Crippen molar-refractivity contribution in [3.63, 3.8) is 0 Å². The molecule has 0 bridgehead atoms. The molecule has 3 aromatic rings. The highest BCUT2D eigenvalue weighted by molar-refractivity contribution is 7.19. The van der Waals surface area contributed by atoms with Gasteiger partial charge in [0, 0.05) is 37.8 Å². The normalized spacial score (nSPS) is 18.3. The molecule has 2 aliphatic rings. The van der Waals surface area contributed by atoms with Gasteiger partial charge in [0.25, 0.3) is 0 Å². The van der Waals surface area contributed by atoms with E-state index in [2.05, 4.69) is 56.4 Å². The summed E-state index contributed by atoms with van der Waals surface area (Å²) in [5.41, 5.74) is 2.18. The Kier molecular flexibility index (Phi) is 5.75. The predicted molar refractivity (Wildman–Crippen MR) is 127 cm³/mol. The fraction of sp³-hybridized carbons (Fsp3) is 0.458. The minimum absolute atomic E-state index is 0.497. The van der Waals surface area contributed by atoms with Gasteiger partial charge in [-0.3, -0.25) is 0 Å². The number of hydrogen-bond acceptors (Lipinski definition) is 7. The zero-order valence-corrected chi connectivity index (χ0v) is 18.8. The Labute approximate surface area is 187 Å². The van der Waals surface area contributed by atoms with Crippen LogP contribution in [0.1, 0.15) is 48.5 Å². The van der Waals surface area contributed by atoms with Crippen LogP contribution in [-0.2, 0) is 0 Å². The van der Waals surface area contributed by atoms with E-state index in [0.29, 0.717) is 5.92 Å². The van der Waals surface area contributed by atoms with Gasteiger partial charge in [0.05, 0.1) is 16.6 Å². The highest BCUT2D eigenvalue weighted by Gasteiger charge is 2.23. The van der Waals surface area contributed by atoms with Crippen LogP contribution < -0.4 is 10.2 Å². The molecular formula is C24H28N6S. The third kappa shape index (κ3) is 4.23. The van der Waals surface area contributed by atoms with E-state index in [4.69, 9.17) is 0 Å². The van der Waals surface area contributed by atoms with Gasteiger partial charge in [-0.1, -0.05) is 19.3 Å². The first kappa shape index (κ1) is 20.2. The first-order valence-corrected chi connectivity index (χ1v) is 12.0. The summed E-state index contributed by atoms with van der Waals surface area (Å²) in [7, 11) is 2.16. The maximum Gasteiger partial charge on any atom is 0.131 e. The van der Waals surface area contributed by atoms with E-state index in [-0.39, 0.29) is 0 Å². The minimum atomic E-state index is 0.497. The summed E-state index contributed by atoms with van der Waals surface area (Å²) < 4.78 is 1.10. The van der Waals surface area contributed by atoms with E-state index >= 15 is 0 Å². The van der Waals surface area contributed by atoms with Crippen molar-refractivity contribution in [2.75, 3.05) is 43.4 Å². The monoisotopic (exact) mass is 432 g/mol. The number of anilines is 3. The number of nitrogens with zero attached hydrogens (tertiary/aromatic N) is 5. The Hall–Kier alpha value is -2.69. The van der Waals surface area contributed by atoms with Gasteiger partial charge in [0.15, 0.2) is 0 Å². The molecule has 1 aliphatic carbocycles. The standard InChI is InChI=1S/C24H28N6S/c1-29-9-11-30(12-10-29)23-8-7-18(15-27-23)28-22-13-19-21(16-26-22)31-20(14-25)24(19)17-5-3-2-4-6-17/h7-8,13,15-17H,2-6,9-12H2,1H3,(H,26,28). The molecule has 1 N–H and O–H groups in total. The van der Waals surface area contributed by atoms with Crippen molar-refractivity contribution >= 4 is 38.7 Å². The number of piperazine rings is 1. The van der Waals surface area contributed by atoms with Crippen molar-refractivity contribution in [2.24, 2.45) is 0 Å². The van der Waals surface area contributed by atoms with Gasteiger partial charge >= 0.3 is 0 Å². The summed E-state index contributed by atoms with van der Waals surface area (Å²) in [5.74, 6) is 2.33. The van der Waals surface area contributed by atoms with Crippen LogP contribution in [-0.4, -0.2) is 48.1 Å². The molecule has 4 heterocycles. The van der Waals surface area contributed by atoms with Crippen molar-refractivity contribution in [2.45, 2.75) is 38.0 Å². The SMILES string of the molecule is CN1CCN(c2ccc(Nc3cc4c(C5CCCCC5)c(C#N)sc4cn3)cn2)CC1. The number of pyridine rings is 2. The van der Waals surface area contributed by atoms with E-state index in [1.165, 1.54) is 43.1 Å². The second-order valence-electron chi connectivity index (χ2n) is 8.68. The number of rotatable bonds is 4. The second kappa shape index (κ2) is 8.81. The molecule has 0 aromatic carbocycles. The van der Waals surface area contributed by atoms with Crippen molar-refractivity contribution in [3.8, 4) is 6.07 Å². The Balaban J connectivity index is 1.37. The number of thiophene rings is 1. The number of fused-ring (bicyclic) bond motifs is 1. The summed E-state index contributed by atoms with van der Waals surface area (Å²) in [4.78, 5) is 14.8. The number of likely N-dealkylation sites (N-methyl/N-ethyl adjacent to an activating group) is 1. The van der Waals surface area contributed by atoms with Crippen LogP contribution >= 0.6 is 11.3 Å². The summed E-state index contributed by atoms with van der Waals surface area (Å²) in [6.45, 7) is 4.16. The number of hydrogen-bond donors (Lipinski definition) is 1. The molecular weight excluding hydrogens is 404 g/mol. The zero-order valence-electron chi connectivity index (χ0n) is 18.0. The Bertz CT molecular complexity index is 1090. The lowest BCUT2D eigenvalue weighted by Crippen LogP contribution is -2.44. The van der Waals surface area contributed by atoms with E-state index < -0.39 is 0 Å². The summed E-state index contributed by atoms with van der Waals surface area (Å²) in [6, 6.07) is 8.71. The second-order valence-corrected chi connectivity index (χ2v) is 9.73. The lowest BCUT2D eigenvalue weighted by atomic mass is 9.83. The van der Waals surface area contributed by atoms with Crippen LogP contribution in [0.2, 0.25) is 0 Å². The lowest BCUT2D eigenvalue weighted by Gasteiger charge is -2.33. The zero-order chi connectivity index (χ0) is 21.2. The number of nitrogens with one attached hydrogen (secondary N) is 1. The molecule has 0 unspecified atom stereocenters. The van der Waals surface area contributed by atoms with Crippen LogP contribution in [0, 0.1) is 11.3 Å². The molecule has 6 nitrogen and oxygen atoms in total. The molecule has 0 radical (unpaired) electrons. The Morgan fingerprint density at radius 3 is 2.58 bits per heavy atom.